The number of hydrogen-bond acceptors (Lipinski definition) is 2. The fraction of sp³-hybridized carbons (Fsp3) is 0.529. The van der Waals surface area contributed by atoms with E-state index >= 15 is 0 Å². The number of halogens is 2. The fourth-order valence-electron chi connectivity index (χ4n) is 3.10. The van der Waals surface area contributed by atoms with Crippen LogP contribution in [0.2, 0.25) is 0 Å². The van der Waals surface area contributed by atoms with E-state index in [4.69, 9.17) is 0 Å². The molecule has 0 bridgehead atoms. The van der Waals surface area contributed by atoms with E-state index in [2.05, 4.69) is 0 Å². The van der Waals surface area contributed by atoms with Crippen molar-refractivity contribution in [3.05, 3.63) is 35.4 Å². The molecule has 2 aliphatic rings. The Morgan fingerprint density at radius 3 is 2.43 bits per heavy atom. The molecule has 0 atom stereocenters. The normalized spacial score (nSPS) is 19.0. The monoisotopic (exact) mass is 323 g/mol. The lowest BCUT2D eigenvalue weighted by molar-refractivity contribution is -0.159. The molecule has 0 heterocycles. The molecule has 4 nitrogen and oxygen atoms in total. The predicted molar refractivity (Wildman–Crippen MR) is 78.5 cm³/mol. The molecule has 124 valence electrons. The van der Waals surface area contributed by atoms with Gasteiger partial charge in [-0.25, -0.2) is 8.78 Å². The molecule has 1 aromatic rings. The highest BCUT2D eigenvalue weighted by Crippen LogP contribution is 2.45. The molecule has 0 aliphatic heterocycles. The van der Waals surface area contributed by atoms with Crippen molar-refractivity contribution >= 4 is 11.9 Å². The number of carbonyl (C=O) groups is 2. The maximum Gasteiger partial charge on any atom is 0.310 e. The predicted octanol–water partition coefficient (Wildman–Crippen LogP) is 3.10. The number of amides is 1. The van der Waals surface area contributed by atoms with Gasteiger partial charge in [0.2, 0.25) is 5.91 Å². The minimum atomic E-state index is -0.953. The van der Waals surface area contributed by atoms with Gasteiger partial charge in [0, 0.05) is 30.6 Å². The maximum atomic E-state index is 13.8. The zero-order valence-electron chi connectivity index (χ0n) is 12.7. The molecule has 6 heteroatoms. The van der Waals surface area contributed by atoms with Crippen LogP contribution in [0.15, 0.2) is 18.2 Å². The van der Waals surface area contributed by atoms with Gasteiger partial charge in [0.15, 0.2) is 0 Å². The molecular formula is C17H19F2NO3. The lowest BCUT2D eigenvalue weighted by Crippen LogP contribution is -2.44. The Hall–Kier alpha value is -1.98. The summed E-state index contributed by atoms with van der Waals surface area (Å²) < 4.78 is 26.8. The SMILES string of the molecule is O=C(CC1(C(=O)O)CCC1)N(Cc1ccc(F)cc1F)C1CC1. The second-order valence-corrected chi connectivity index (χ2v) is 6.60. The Morgan fingerprint density at radius 2 is 1.96 bits per heavy atom. The van der Waals surface area contributed by atoms with Crippen LogP contribution < -0.4 is 0 Å². The Bertz CT molecular complexity index is 639. The molecule has 2 saturated carbocycles. The summed E-state index contributed by atoms with van der Waals surface area (Å²) in [5, 5.41) is 9.36. The minimum Gasteiger partial charge on any atom is -0.481 e. The van der Waals surface area contributed by atoms with E-state index < -0.39 is 23.0 Å². The van der Waals surface area contributed by atoms with Crippen LogP contribution >= 0.6 is 0 Å². The van der Waals surface area contributed by atoms with Crippen molar-refractivity contribution in [3.63, 3.8) is 0 Å². The summed E-state index contributed by atoms with van der Waals surface area (Å²) in [6.45, 7) is 0.0608. The van der Waals surface area contributed by atoms with E-state index in [1.54, 1.807) is 4.90 Å². The van der Waals surface area contributed by atoms with Crippen molar-refractivity contribution < 1.29 is 23.5 Å². The Kier molecular flexibility index (Phi) is 4.08. The van der Waals surface area contributed by atoms with Crippen LogP contribution in [0.25, 0.3) is 0 Å². The largest absolute Gasteiger partial charge is 0.481 e. The molecular weight excluding hydrogens is 304 g/mol. The lowest BCUT2D eigenvalue weighted by Gasteiger charge is -2.38. The van der Waals surface area contributed by atoms with Gasteiger partial charge in [-0.1, -0.05) is 12.5 Å². The van der Waals surface area contributed by atoms with Crippen molar-refractivity contribution in [3.8, 4) is 0 Å². The second-order valence-electron chi connectivity index (χ2n) is 6.60. The average Bonchev–Trinajstić information content (AvgIpc) is 3.25. The van der Waals surface area contributed by atoms with Crippen molar-refractivity contribution in [1.29, 1.82) is 0 Å². The first-order chi connectivity index (χ1) is 10.9. The van der Waals surface area contributed by atoms with Crippen LogP contribution in [-0.4, -0.2) is 27.9 Å². The van der Waals surface area contributed by atoms with Gasteiger partial charge >= 0.3 is 5.97 Å². The third-order valence-electron chi connectivity index (χ3n) is 4.92. The van der Waals surface area contributed by atoms with Gasteiger partial charge in [0.05, 0.1) is 5.41 Å². The summed E-state index contributed by atoms with van der Waals surface area (Å²) in [5.41, 5.74) is -0.699. The molecule has 1 aromatic carbocycles. The smallest absolute Gasteiger partial charge is 0.310 e. The number of carbonyl (C=O) groups excluding carboxylic acids is 1. The Balaban J connectivity index is 1.74. The first-order valence-corrected chi connectivity index (χ1v) is 7.88. The van der Waals surface area contributed by atoms with Gasteiger partial charge < -0.3 is 10.0 Å². The van der Waals surface area contributed by atoms with Gasteiger partial charge in [-0.3, -0.25) is 9.59 Å². The van der Waals surface area contributed by atoms with Crippen LogP contribution in [0.1, 0.15) is 44.1 Å². The summed E-state index contributed by atoms with van der Waals surface area (Å²) in [5.74, 6) is -2.52. The third-order valence-corrected chi connectivity index (χ3v) is 4.92. The average molecular weight is 323 g/mol. The van der Waals surface area contributed by atoms with Gasteiger partial charge in [0.1, 0.15) is 11.6 Å². The van der Waals surface area contributed by atoms with E-state index in [9.17, 15) is 23.5 Å². The first kappa shape index (κ1) is 15.9. The van der Waals surface area contributed by atoms with Crippen LogP contribution in [0.3, 0.4) is 0 Å². The molecule has 0 saturated heterocycles. The number of benzene rings is 1. The van der Waals surface area contributed by atoms with Crippen molar-refractivity contribution in [1.82, 2.24) is 4.90 Å². The molecule has 1 amide bonds. The quantitative estimate of drug-likeness (QED) is 0.875. The Labute approximate surface area is 133 Å². The standard InChI is InChI=1S/C17H19F2NO3/c18-12-3-2-11(14(19)8-12)10-20(13-4-5-13)15(21)9-17(16(22)23)6-1-7-17/h2-3,8,13H,1,4-7,9-10H2,(H,22,23). The van der Waals surface area contributed by atoms with Crippen molar-refractivity contribution in [2.45, 2.75) is 51.1 Å². The number of carboxylic acids is 1. The van der Waals surface area contributed by atoms with Gasteiger partial charge in [-0.05, 0) is 31.7 Å². The van der Waals surface area contributed by atoms with E-state index in [-0.39, 0.29) is 30.5 Å². The fourth-order valence-corrected chi connectivity index (χ4v) is 3.10. The molecule has 2 fully saturated rings. The van der Waals surface area contributed by atoms with Crippen LogP contribution in [0.5, 0.6) is 0 Å². The number of carboxylic acid groups (broad SMARTS) is 1. The van der Waals surface area contributed by atoms with E-state index in [0.717, 1.165) is 25.3 Å². The summed E-state index contributed by atoms with van der Waals surface area (Å²) in [6.07, 6.45) is 3.48. The van der Waals surface area contributed by atoms with Crippen molar-refractivity contribution in [2.75, 3.05) is 0 Å². The molecule has 0 unspecified atom stereocenters. The molecule has 2 aliphatic carbocycles. The second kappa shape index (κ2) is 5.91. The van der Waals surface area contributed by atoms with Gasteiger partial charge in [-0.15, -0.1) is 0 Å². The number of rotatable bonds is 6. The highest BCUT2D eigenvalue weighted by molar-refractivity contribution is 5.86. The molecule has 1 N–H and O–H groups in total. The topological polar surface area (TPSA) is 57.6 Å². The van der Waals surface area contributed by atoms with E-state index in [1.807, 2.05) is 0 Å². The molecule has 3 rings (SSSR count). The molecule has 0 aromatic heterocycles. The maximum absolute atomic E-state index is 13.8. The number of nitrogens with zero attached hydrogens (tertiary/aromatic N) is 1. The highest BCUT2D eigenvalue weighted by Gasteiger charge is 2.47. The molecule has 23 heavy (non-hydrogen) atoms. The minimum absolute atomic E-state index is 0.0397. The molecule has 0 radical (unpaired) electrons. The van der Waals surface area contributed by atoms with Crippen molar-refractivity contribution in [2.24, 2.45) is 5.41 Å². The number of hydrogen-bond donors (Lipinski definition) is 1. The van der Waals surface area contributed by atoms with E-state index in [0.29, 0.717) is 12.8 Å². The highest BCUT2D eigenvalue weighted by atomic mass is 19.1. The summed E-state index contributed by atoms with van der Waals surface area (Å²) in [7, 11) is 0. The zero-order valence-corrected chi connectivity index (χ0v) is 12.7. The summed E-state index contributed by atoms with van der Waals surface area (Å²) >= 11 is 0. The lowest BCUT2D eigenvalue weighted by atomic mass is 9.66. The zero-order chi connectivity index (χ0) is 16.6. The summed E-state index contributed by atoms with van der Waals surface area (Å²) in [6, 6.07) is 3.34. The van der Waals surface area contributed by atoms with Crippen LogP contribution in [0, 0.1) is 17.0 Å². The number of aliphatic carboxylic acids is 1. The van der Waals surface area contributed by atoms with Gasteiger partial charge in [-0.2, -0.15) is 0 Å². The van der Waals surface area contributed by atoms with Crippen LogP contribution in [-0.2, 0) is 16.1 Å². The molecule has 0 spiro atoms. The summed E-state index contributed by atoms with van der Waals surface area (Å²) in [4.78, 5) is 25.6. The van der Waals surface area contributed by atoms with E-state index in [1.165, 1.54) is 12.1 Å². The van der Waals surface area contributed by atoms with Gasteiger partial charge in [0.25, 0.3) is 0 Å². The van der Waals surface area contributed by atoms with Crippen LogP contribution in [0.4, 0.5) is 8.78 Å². The first-order valence-electron chi connectivity index (χ1n) is 7.88. The Morgan fingerprint density at radius 1 is 1.26 bits per heavy atom. The third kappa shape index (κ3) is 3.21.